The van der Waals surface area contributed by atoms with Gasteiger partial charge in [0.15, 0.2) is 5.69 Å². The lowest BCUT2D eigenvalue weighted by Crippen LogP contribution is -2.03. The first-order valence-corrected chi connectivity index (χ1v) is 7.64. The van der Waals surface area contributed by atoms with Crippen LogP contribution < -0.4 is 0 Å². The highest BCUT2D eigenvalue weighted by molar-refractivity contribution is 6.35. The van der Waals surface area contributed by atoms with Crippen molar-refractivity contribution >= 4 is 53.2 Å². The van der Waals surface area contributed by atoms with Crippen LogP contribution in [0, 0.1) is 0 Å². The molecule has 0 aliphatic carbocycles. The zero-order valence-electron chi connectivity index (χ0n) is 11.9. The van der Waals surface area contributed by atoms with Crippen molar-refractivity contribution in [1.82, 2.24) is 9.78 Å². The lowest BCUT2D eigenvalue weighted by Gasteiger charge is -2.09. The number of aromatic nitrogens is 2. The molecule has 4 nitrogen and oxygen atoms in total. The number of aromatic carboxylic acids is 1. The van der Waals surface area contributed by atoms with Crippen molar-refractivity contribution in [2.24, 2.45) is 0 Å². The van der Waals surface area contributed by atoms with Crippen molar-refractivity contribution in [2.75, 3.05) is 0 Å². The smallest absolute Gasteiger partial charge is 0.356 e. The largest absolute Gasteiger partial charge is 0.476 e. The fourth-order valence-electron chi connectivity index (χ4n) is 2.15. The number of benzene rings is 2. The molecule has 8 heteroatoms. The van der Waals surface area contributed by atoms with E-state index in [0.29, 0.717) is 26.4 Å². The van der Waals surface area contributed by atoms with E-state index >= 15 is 0 Å². The highest BCUT2D eigenvalue weighted by atomic mass is 35.5. The first-order chi connectivity index (χ1) is 11.0. The van der Waals surface area contributed by atoms with Crippen molar-refractivity contribution in [1.29, 1.82) is 0 Å². The Kier molecular flexibility index (Phi) is 5.78. The van der Waals surface area contributed by atoms with E-state index in [4.69, 9.17) is 34.8 Å². The predicted octanol–water partition coefficient (Wildman–Crippen LogP) is 5.62. The molecule has 0 aliphatic heterocycles. The fourth-order valence-corrected chi connectivity index (χ4v) is 2.76. The molecule has 0 fully saturated rings. The molecule has 0 saturated carbocycles. The van der Waals surface area contributed by atoms with Gasteiger partial charge in [0.25, 0.3) is 0 Å². The average molecular weight is 404 g/mol. The maximum Gasteiger partial charge on any atom is 0.356 e. The Bertz CT molecular complexity index is 892. The molecule has 0 atom stereocenters. The number of carboxylic acid groups (broad SMARTS) is 1. The number of nitrogens with zero attached hydrogens (tertiary/aromatic N) is 2. The molecule has 1 N–H and O–H groups in total. The summed E-state index contributed by atoms with van der Waals surface area (Å²) >= 11 is 18.0. The van der Waals surface area contributed by atoms with Crippen LogP contribution in [-0.2, 0) is 0 Å². The third kappa shape index (κ3) is 3.68. The van der Waals surface area contributed by atoms with Crippen molar-refractivity contribution in [2.45, 2.75) is 0 Å². The van der Waals surface area contributed by atoms with Gasteiger partial charge in [-0.1, -0.05) is 46.9 Å². The molecule has 3 aromatic rings. The van der Waals surface area contributed by atoms with Gasteiger partial charge in [-0.15, -0.1) is 12.4 Å². The summed E-state index contributed by atoms with van der Waals surface area (Å²) in [6, 6.07) is 13.4. The molecule has 3 rings (SSSR count). The molecule has 0 aliphatic rings. The van der Waals surface area contributed by atoms with E-state index in [2.05, 4.69) is 5.10 Å². The minimum Gasteiger partial charge on any atom is -0.476 e. The van der Waals surface area contributed by atoms with Crippen LogP contribution in [0.15, 0.2) is 48.5 Å². The Morgan fingerprint density at radius 2 is 1.58 bits per heavy atom. The zero-order valence-corrected chi connectivity index (χ0v) is 15.0. The predicted molar refractivity (Wildman–Crippen MR) is 98.2 cm³/mol. The van der Waals surface area contributed by atoms with Gasteiger partial charge >= 0.3 is 5.97 Å². The Morgan fingerprint density at radius 3 is 2.17 bits per heavy atom. The molecule has 0 spiro atoms. The highest BCUT2D eigenvalue weighted by Crippen LogP contribution is 2.30. The van der Waals surface area contributed by atoms with Gasteiger partial charge < -0.3 is 5.11 Å². The molecule has 0 radical (unpaired) electrons. The van der Waals surface area contributed by atoms with Gasteiger partial charge in [0.2, 0.25) is 0 Å². The minimum absolute atomic E-state index is 0. The van der Waals surface area contributed by atoms with E-state index < -0.39 is 5.97 Å². The van der Waals surface area contributed by atoms with Crippen LogP contribution in [-0.4, -0.2) is 20.9 Å². The van der Waals surface area contributed by atoms with Crippen LogP contribution >= 0.6 is 47.2 Å². The van der Waals surface area contributed by atoms with Crippen LogP contribution in [0.5, 0.6) is 0 Å². The fraction of sp³-hybridized carbons (Fsp3) is 0. The summed E-state index contributed by atoms with van der Waals surface area (Å²) in [4.78, 5) is 11.3. The molecule has 1 aromatic heterocycles. The number of hydrogen-bond acceptors (Lipinski definition) is 2. The third-order valence-corrected chi connectivity index (χ3v) is 4.00. The van der Waals surface area contributed by atoms with Crippen LogP contribution in [0.1, 0.15) is 10.5 Å². The molecular weight excluding hydrogens is 394 g/mol. The zero-order chi connectivity index (χ0) is 16.6. The lowest BCUT2D eigenvalue weighted by atomic mass is 10.1. The van der Waals surface area contributed by atoms with E-state index in [1.165, 1.54) is 10.7 Å². The van der Waals surface area contributed by atoms with E-state index in [9.17, 15) is 9.90 Å². The van der Waals surface area contributed by atoms with E-state index in [0.717, 1.165) is 5.56 Å². The van der Waals surface area contributed by atoms with Gasteiger partial charge in [-0.2, -0.15) is 5.10 Å². The van der Waals surface area contributed by atoms with Crippen LogP contribution in [0.4, 0.5) is 0 Å². The average Bonchev–Trinajstić information content (AvgIpc) is 2.93. The molecule has 0 amide bonds. The molecule has 1 heterocycles. The summed E-state index contributed by atoms with van der Waals surface area (Å²) < 4.78 is 1.48. The number of carboxylic acids is 1. The normalized spacial score (nSPS) is 10.3. The van der Waals surface area contributed by atoms with Gasteiger partial charge in [0, 0.05) is 15.6 Å². The van der Waals surface area contributed by atoms with Crippen LogP contribution in [0.2, 0.25) is 15.1 Å². The quantitative estimate of drug-likeness (QED) is 0.617. The van der Waals surface area contributed by atoms with Gasteiger partial charge in [-0.05, 0) is 36.4 Å². The Morgan fingerprint density at radius 1 is 0.958 bits per heavy atom. The van der Waals surface area contributed by atoms with Gasteiger partial charge in [0.1, 0.15) is 0 Å². The SMILES string of the molecule is Cl.O=C(O)c1cc(-c2ccc(Cl)cc2)n(-c2ccc(Cl)cc2Cl)n1. The molecule has 0 saturated heterocycles. The number of hydrogen-bond donors (Lipinski definition) is 1. The Labute approximate surface area is 159 Å². The molecule has 0 bridgehead atoms. The van der Waals surface area contributed by atoms with Crippen LogP contribution in [0.3, 0.4) is 0 Å². The van der Waals surface area contributed by atoms with Crippen molar-refractivity contribution in [3.05, 3.63) is 69.3 Å². The number of halogens is 4. The van der Waals surface area contributed by atoms with E-state index in [1.54, 1.807) is 42.5 Å². The monoisotopic (exact) mass is 402 g/mol. The van der Waals surface area contributed by atoms with E-state index in [-0.39, 0.29) is 18.1 Å². The Balaban J connectivity index is 0.00000208. The number of rotatable bonds is 3. The van der Waals surface area contributed by atoms with Gasteiger partial charge in [-0.3, -0.25) is 0 Å². The maximum absolute atomic E-state index is 11.3. The summed E-state index contributed by atoms with van der Waals surface area (Å²) in [5.74, 6) is -1.12. The minimum atomic E-state index is -1.12. The lowest BCUT2D eigenvalue weighted by molar-refractivity contribution is 0.0690. The molecule has 24 heavy (non-hydrogen) atoms. The molecule has 2 aromatic carbocycles. The standard InChI is InChI=1S/C16H9Cl3N2O2.ClH/c17-10-3-1-9(2-4-10)15-8-13(16(22)23)20-21(15)14-6-5-11(18)7-12(14)19;/h1-8H,(H,22,23);1H. The summed E-state index contributed by atoms with van der Waals surface area (Å²) in [7, 11) is 0. The van der Waals surface area contributed by atoms with Gasteiger partial charge in [0.05, 0.1) is 16.4 Å². The summed E-state index contributed by atoms with van der Waals surface area (Å²) in [5.41, 5.74) is 1.80. The first kappa shape index (κ1) is 18.6. The van der Waals surface area contributed by atoms with Crippen molar-refractivity contribution < 1.29 is 9.90 Å². The summed E-state index contributed by atoms with van der Waals surface area (Å²) in [6.07, 6.45) is 0. The van der Waals surface area contributed by atoms with Crippen LogP contribution in [0.25, 0.3) is 16.9 Å². The molecule has 0 unspecified atom stereocenters. The summed E-state index contributed by atoms with van der Waals surface area (Å²) in [5, 5.41) is 14.8. The second kappa shape index (κ2) is 7.45. The van der Waals surface area contributed by atoms with Crippen molar-refractivity contribution in [3.63, 3.8) is 0 Å². The topological polar surface area (TPSA) is 55.1 Å². The van der Waals surface area contributed by atoms with Gasteiger partial charge in [-0.25, -0.2) is 9.48 Å². The van der Waals surface area contributed by atoms with Crippen molar-refractivity contribution in [3.8, 4) is 16.9 Å². The third-order valence-electron chi connectivity index (χ3n) is 3.21. The summed E-state index contributed by atoms with van der Waals surface area (Å²) in [6.45, 7) is 0. The number of carbonyl (C=O) groups is 1. The Hall–Kier alpha value is -1.72. The first-order valence-electron chi connectivity index (χ1n) is 6.50. The molecule has 124 valence electrons. The second-order valence-corrected chi connectivity index (χ2v) is 6.01. The maximum atomic E-state index is 11.3. The molecular formula is C16H10Cl4N2O2. The van der Waals surface area contributed by atoms with E-state index in [1.807, 2.05) is 0 Å². The second-order valence-electron chi connectivity index (χ2n) is 4.73. The highest BCUT2D eigenvalue weighted by Gasteiger charge is 2.17.